The minimum Gasteiger partial charge on any atom is -0.489 e. The number of carbonyl (C=O) groups excluding carboxylic acids is 1. The van der Waals surface area contributed by atoms with E-state index in [0.29, 0.717) is 17.9 Å². The lowest BCUT2D eigenvalue weighted by Crippen LogP contribution is -2.05. The zero-order chi connectivity index (χ0) is 10.4. The van der Waals surface area contributed by atoms with Crippen LogP contribution in [0.25, 0.3) is 0 Å². The topological polar surface area (TPSA) is 35.5 Å². The highest BCUT2D eigenvalue weighted by Gasteiger charge is 2.10. The number of ether oxygens (including phenoxy) is 2. The Kier molecular flexibility index (Phi) is 3.73. The van der Waals surface area contributed by atoms with Gasteiger partial charge in [-0.05, 0) is 12.1 Å². The predicted molar refractivity (Wildman–Crippen MR) is 53.5 cm³/mol. The molecule has 0 aromatic heterocycles. The second-order valence-corrected chi connectivity index (χ2v) is 2.59. The molecule has 14 heavy (non-hydrogen) atoms. The average Bonchev–Trinajstić information content (AvgIpc) is 2.25. The van der Waals surface area contributed by atoms with Crippen molar-refractivity contribution in [2.24, 2.45) is 0 Å². The second kappa shape index (κ2) is 5.07. The quantitative estimate of drug-likeness (QED) is 0.541. The minimum atomic E-state index is -0.398. The molecule has 1 aromatic carbocycles. The van der Waals surface area contributed by atoms with E-state index in [-0.39, 0.29) is 0 Å². The van der Waals surface area contributed by atoms with E-state index >= 15 is 0 Å². The molecule has 0 unspecified atom stereocenters. The minimum absolute atomic E-state index is 0.369. The molecule has 0 N–H and O–H groups in total. The molecule has 0 spiro atoms. The van der Waals surface area contributed by atoms with Gasteiger partial charge in [-0.3, -0.25) is 0 Å². The van der Waals surface area contributed by atoms with Crippen LogP contribution in [-0.2, 0) is 4.74 Å². The lowest BCUT2D eigenvalue weighted by atomic mass is 10.2. The van der Waals surface area contributed by atoms with E-state index < -0.39 is 5.97 Å². The van der Waals surface area contributed by atoms with Gasteiger partial charge >= 0.3 is 5.97 Å². The zero-order valence-electron chi connectivity index (χ0n) is 8.03. The summed E-state index contributed by atoms with van der Waals surface area (Å²) in [5, 5.41) is 0. The van der Waals surface area contributed by atoms with E-state index in [1.807, 2.05) is 0 Å². The van der Waals surface area contributed by atoms with E-state index in [2.05, 4.69) is 11.3 Å². The van der Waals surface area contributed by atoms with Gasteiger partial charge in [0, 0.05) is 0 Å². The monoisotopic (exact) mass is 192 g/mol. The Morgan fingerprint density at radius 3 is 2.86 bits per heavy atom. The van der Waals surface area contributed by atoms with Crippen molar-refractivity contribution in [3.05, 3.63) is 42.5 Å². The largest absolute Gasteiger partial charge is 0.489 e. The molecule has 0 heterocycles. The van der Waals surface area contributed by atoms with Gasteiger partial charge in [0.25, 0.3) is 0 Å². The van der Waals surface area contributed by atoms with Crippen molar-refractivity contribution in [3.8, 4) is 5.75 Å². The summed E-state index contributed by atoms with van der Waals surface area (Å²) in [5.74, 6) is 0.115. The first-order valence-electron chi connectivity index (χ1n) is 4.20. The fraction of sp³-hybridized carbons (Fsp3) is 0.182. The summed E-state index contributed by atoms with van der Waals surface area (Å²) in [7, 11) is 1.34. The van der Waals surface area contributed by atoms with Gasteiger partial charge in [0.1, 0.15) is 17.9 Å². The van der Waals surface area contributed by atoms with Gasteiger partial charge in [-0.25, -0.2) is 4.79 Å². The Balaban J connectivity index is 2.90. The number of hydrogen-bond acceptors (Lipinski definition) is 3. The van der Waals surface area contributed by atoms with Crippen LogP contribution in [-0.4, -0.2) is 19.7 Å². The smallest absolute Gasteiger partial charge is 0.341 e. The van der Waals surface area contributed by atoms with Crippen LogP contribution in [0.5, 0.6) is 5.75 Å². The number of carbonyl (C=O) groups is 1. The van der Waals surface area contributed by atoms with Gasteiger partial charge in [-0.2, -0.15) is 0 Å². The normalized spacial score (nSPS) is 9.21. The third-order valence-corrected chi connectivity index (χ3v) is 1.65. The van der Waals surface area contributed by atoms with E-state index in [1.165, 1.54) is 7.11 Å². The summed E-state index contributed by atoms with van der Waals surface area (Å²) < 4.78 is 9.90. The summed E-state index contributed by atoms with van der Waals surface area (Å²) in [4.78, 5) is 11.3. The Hall–Kier alpha value is -1.77. The van der Waals surface area contributed by atoms with Crippen LogP contribution in [0.4, 0.5) is 0 Å². The molecule has 0 saturated carbocycles. The Morgan fingerprint density at radius 2 is 2.21 bits per heavy atom. The molecule has 0 radical (unpaired) electrons. The Morgan fingerprint density at radius 1 is 1.50 bits per heavy atom. The summed E-state index contributed by atoms with van der Waals surface area (Å²) in [6.07, 6.45) is 1.62. The molecule has 74 valence electrons. The first kappa shape index (κ1) is 10.3. The van der Waals surface area contributed by atoms with E-state index in [1.54, 1.807) is 30.3 Å². The van der Waals surface area contributed by atoms with E-state index in [0.717, 1.165) is 0 Å². The van der Waals surface area contributed by atoms with Gasteiger partial charge in [0.2, 0.25) is 0 Å². The van der Waals surface area contributed by atoms with E-state index in [9.17, 15) is 4.79 Å². The molecule has 0 bridgehead atoms. The van der Waals surface area contributed by atoms with Crippen molar-refractivity contribution >= 4 is 5.97 Å². The maximum Gasteiger partial charge on any atom is 0.341 e. The SMILES string of the molecule is C=CCOc1ccccc1C(=O)OC. The van der Waals surface area contributed by atoms with Crippen molar-refractivity contribution in [1.82, 2.24) is 0 Å². The van der Waals surface area contributed by atoms with Gasteiger partial charge in [-0.1, -0.05) is 24.8 Å². The number of methoxy groups -OCH3 is 1. The molecule has 3 heteroatoms. The van der Waals surface area contributed by atoms with Crippen LogP contribution in [0.15, 0.2) is 36.9 Å². The molecule has 0 aliphatic rings. The second-order valence-electron chi connectivity index (χ2n) is 2.59. The molecule has 0 saturated heterocycles. The molecule has 0 atom stereocenters. The molecular weight excluding hydrogens is 180 g/mol. The number of hydrogen-bond donors (Lipinski definition) is 0. The molecule has 0 amide bonds. The number of rotatable bonds is 4. The molecular formula is C11H12O3. The Bertz CT molecular complexity index is 331. The fourth-order valence-electron chi connectivity index (χ4n) is 1.02. The van der Waals surface area contributed by atoms with Gasteiger partial charge in [0.15, 0.2) is 0 Å². The van der Waals surface area contributed by atoms with Crippen LogP contribution < -0.4 is 4.74 Å². The lowest BCUT2D eigenvalue weighted by Gasteiger charge is -2.07. The van der Waals surface area contributed by atoms with Crippen molar-refractivity contribution in [3.63, 3.8) is 0 Å². The van der Waals surface area contributed by atoms with Crippen molar-refractivity contribution < 1.29 is 14.3 Å². The van der Waals surface area contributed by atoms with Crippen LogP contribution >= 0.6 is 0 Å². The maximum absolute atomic E-state index is 11.3. The molecule has 1 rings (SSSR count). The van der Waals surface area contributed by atoms with Gasteiger partial charge in [-0.15, -0.1) is 0 Å². The van der Waals surface area contributed by atoms with Crippen LogP contribution in [0.3, 0.4) is 0 Å². The summed E-state index contributed by atoms with van der Waals surface area (Å²) in [6, 6.07) is 6.93. The highest BCUT2D eigenvalue weighted by Crippen LogP contribution is 2.18. The van der Waals surface area contributed by atoms with E-state index in [4.69, 9.17) is 4.74 Å². The summed E-state index contributed by atoms with van der Waals surface area (Å²) >= 11 is 0. The first-order chi connectivity index (χ1) is 6.79. The standard InChI is InChI=1S/C11H12O3/c1-3-8-14-10-7-5-4-6-9(10)11(12)13-2/h3-7H,1,8H2,2H3. The fourth-order valence-corrected chi connectivity index (χ4v) is 1.02. The molecule has 0 aliphatic carbocycles. The summed E-state index contributed by atoms with van der Waals surface area (Å²) in [6.45, 7) is 3.90. The lowest BCUT2D eigenvalue weighted by molar-refractivity contribution is 0.0596. The van der Waals surface area contributed by atoms with Crippen molar-refractivity contribution in [1.29, 1.82) is 0 Å². The Labute approximate surface area is 83.0 Å². The number of para-hydroxylation sites is 1. The number of esters is 1. The van der Waals surface area contributed by atoms with Crippen LogP contribution in [0.2, 0.25) is 0 Å². The highest BCUT2D eigenvalue weighted by molar-refractivity contribution is 5.92. The van der Waals surface area contributed by atoms with Crippen LogP contribution in [0, 0.1) is 0 Å². The van der Waals surface area contributed by atoms with Crippen molar-refractivity contribution in [2.75, 3.05) is 13.7 Å². The third-order valence-electron chi connectivity index (χ3n) is 1.65. The predicted octanol–water partition coefficient (Wildman–Crippen LogP) is 2.04. The first-order valence-corrected chi connectivity index (χ1v) is 4.20. The molecule has 3 nitrogen and oxygen atoms in total. The maximum atomic E-state index is 11.3. The third kappa shape index (κ3) is 2.36. The molecule has 0 fully saturated rings. The molecule has 0 aliphatic heterocycles. The van der Waals surface area contributed by atoms with Crippen molar-refractivity contribution in [2.45, 2.75) is 0 Å². The number of benzene rings is 1. The zero-order valence-corrected chi connectivity index (χ0v) is 8.03. The average molecular weight is 192 g/mol. The summed E-state index contributed by atoms with van der Waals surface area (Å²) in [5.41, 5.74) is 0.428. The van der Waals surface area contributed by atoms with Gasteiger partial charge < -0.3 is 9.47 Å². The van der Waals surface area contributed by atoms with Gasteiger partial charge in [0.05, 0.1) is 7.11 Å². The van der Waals surface area contributed by atoms with Crippen LogP contribution in [0.1, 0.15) is 10.4 Å². The molecule has 1 aromatic rings. The highest BCUT2D eigenvalue weighted by atomic mass is 16.5.